The highest BCUT2D eigenvalue weighted by Crippen LogP contribution is 2.20. The maximum atomic E-state index is 5.21. The molecule has 2 N–H and O–H groups in total. The lowest BCUT2D eigenvalue weighted by atomic mass is 10.2. The third-order valence-electron chi connectivity index (χ3n) is 2.19. The number of aromatic nitrogens is 3. The highest BCUT2D eigenvalue weighted by atomic mass is 16.5. The van der Waals surface area contributed by atoms with Crippen molar-refractivity contribution >= 4 is 0 Å². The number of nitrogens with one attached hydrogen (secondary N) is 2. The number of ether oxygens (including phenoxy) is 1. The fraction of sp³-hybridized carbons (Fsp3) is 0.714. The van der Waals surface area contributed by atoms with Gasteiger partial charge >= 0.3 is 0 Å². The van der Waals surface area contributed by atoms with Gasteiger partial charge in [-0.1, -0.05) is 0 Å². The molecule has 0 aromatic carbocycles. The van der Waals surface area contributed by atoms with Crippen LogP contribution in [0.2, 0.25) is 0 Å². The summed E-state index contributed by atoms with van der Waals surface area (Å²) in [5.41, 5.74) is 0. The number of rotatable bonds is 2. The summed E-state index contributed by atoms with van der Waals surface area (Å²) in [5.74, 6) is 0.898. The molecule has 2 rings (SSSR count). The highest BCUT2D eigenvalue weighted by molar-refractivity contribution is 4.97. The number of aromatic amines is 1. The predicted octanol–water partition coefficient (Wildman–Crippen LogP) is -0.146. The van der Waals surface area contributed by atoms with Crippen molar-refractivity contribution in [2.24, 2.45) is 0 Å². The van der Waals surface area contributed by atoms with Gasteiger partial charge in [-0.3, -0.25) is 5.10 Å². The van der Waals surface area contributed by atoms with Crippen LogP contribution in [-0.4, -0.2) is 34.9 Å². The first-order chi connectivity index (χ1) is 5.90. The predicted molar refractivity (Wildman–Crippen MR) is 42.5 cm³/mol. The minimum Gasteiger partial charge on any atom is -0.380 e. The number of hydrogen-bond acceptors (Lipinski definition) is 4. The zero-order valence-electron chi connectivity index (χ0n) is 6.95. The topological polar surface area (TPSA) is 62.8 Å². The summed E-state index contributed by atoms with van der Waals surface area (Å²) in [6.45, 7) is 0.891. The van der Waals surface area contributed by atoms with E-state index in [1.165, 1.54) is 6.33 Å². The van der Waals surface area contributed by atoms with E-state index in [1.807, 2.05) is 0 Å². The van der Waals surface area contributed by atoms with Gasteiger partial charge in [-0.05, 0) is 6.42 Å². The summed E-state index contributed by atoms with van der Waals surface area (Å²) in [4.78, 5) is 4.08. The Kier molecular flexibility index (Phi) is 2.05. The number of methoxy groups -OCH3 is 1. The Balaban J connectivity index is 2.00. The molecule has 0 radical (unpaired) electrons. The first-order valence-electron chi connectivity index (χ1n) is 4.01. The third kappa shape index (κ3) is 1.33. The van der Waals surface area contributed by atoms with Gasteiger partial charge in [0.2, 0.25) is 0 Å². The lowest BCUT2D eigenvalue weighted by Crippen LogP contribution is -2.16. The van der Waals surface area contributed by atoms with Gasteiger partial charge in [0.05, 0.1) is 12.1 Å². The second-order valence-corrected chi connectivity index (χ2v) is 2.92. The molecule has 0 spiro atoms. The average Bonchev–Trinajstić information content (AvgIpc) is 2.75. The van der Waals surface area contributed by atoms with E-state index in [0.29, 0.717) is 6.10 Å². The third-order valence-corrected chi connectivity index (χ3v) is 2.19. The van der Waals surface area contributed by atoms with Crippen molar-refractivity contribution in [2.45, 2.75) is 18.6 Å². The molecule has 2 atom stereocenters. The molecule has 1 saturated heterocycles. The zero-order chi connectivity index (χ0) is 8.39. The molecule has 0 saturated carbocycles. The van der Waals surface area contributed by atoms with E-state index in [4.69, 9.17) is 4.74 Å². The summed E-state index contributed by atoms with van der Waals surface area (Å²) in [6.07, 6.45) is 2.79. The van der Waals surface area contributed by atoms with Crippen molar-refractivity contribution in [3.8, 4) is 0 Å². The van der Waals surface area contributed by atoms with Crippen LogP contribution in [0, 0.1) is 0 Å². The van der Waals surface area contributed by atoms with E-state index in [0.717, 1.165) is 18.8 Å². The van der Waals surface area contributed by atoms with Crippen LogP contribution in [0.3, 0.4) is 0 Å². The smallest absolute Gasteiger partial charge is 0.141 e. The van der Waals surface area contributed by atoms with Crippen molar-refractivity contribution < 1.29 is 4.74 Å². The molecule has 1 aromatic rings. The minimum absolute atomic E-state index is 0.275. The number of H-pyrrole nitrogens is 1. The molecule has 1 aromatic heterocycles. The van der Waals surface area contributed by atoms with Crippen LogP contribution < -0.4 is 5.32 Å². The largest absolute Gasteiger partial charge is 0.380 e. The van der Waals surface area contributed by atoms with Gasteiger partial charge in [-0.2, -0.15) is 5.10 Å². The van der Waals surface area contributed by atoms with Crippen LogP contribution in [0.4, 0.5) is 0 Å². The van der Waals surface area contributed by atoms with E-state index >= 15 is 0 Å². The molecular weight excluding hydrogens is 156 g/mol. The average molecular weight is 168 g/mol. The van der Waals surface area contributed by atoms with Gasteiger partial charge in [0, 0.05) is 13.7 Å². The Labute approximate surface area is 70.5 Å². The normalized spacial score (nSPS) is 29.4. The maximum absolute atomic E-state index is 5.21. The van der Waals surface area contributed by atoms with E-state index in [-0.39, 0.29) is 6.04 Å². The summed E-state index contributed by atoms with van der Waals surface area (Å²) < 4.78 is 5.21. The second kappa shape index (κ2) is 3.20. The van der Waals surface area contributed by atoms with E-state index in [2.05, 4.69) is 20.5 Å². The van der Waals surface area contributed by atoms with Gasteiger partial charge in [0.15, 0.2) is 0 Å². The van der Waals surface area contributed by atoms with Gasteiger partial charge in [-0.15, -0.1) is 0 Å². The fourth-order valence-corrected chi connectivity index (χ4v) is 1.47. The van der Waals surface area contributed by atoms with Crippen molar-refractivity contribution in [2.75, 3.05) is 13.7 Å². The zero-order valence-corrected chi connectivity index (χ0v) is 6.95. The number of hydrogen-bond donors (Lipinski definition) is 2. The lowest BCUT2D eigenvalue weighted by molar-refractivity contribution is 0.117. The molecule has 5 heteroatoms. The summed E-state index contributed by atoms with van der Waals surface area (Å²) in [7, 11) is 1.73. The molecule has 0 bridgehead atoms. The van der Waals surface area contributed by atoms with Gasteiger partial charge < -0.3 is 10.1 Å². The van der Waals surface area contributed by atoms with Crippen molar-refractivity contribution in [3.63, 3.8) is 0 Å². The van der Waals surface area contributed by atoms with E-state index in [1.54, 1.807) is 7.11 Å². The van der Waals surface area contributed by atoms with E-state index in [9.17, 15) is 0 Å². The van der Waals surface area contributed by atoms with Crippen molar-refractivity contribution in [1.82, 2.24) is 20.5 Å². The standard InChI is InChI=1S/C7H12N4O/c1-12-5-2-6(8-3-5)7-9-4-10-11-7/h4-6,8H,2-3H2,1H3,(H,9,10,11). The highest BCUT2D eigenvalue weighted by Gasteiger charge is 2.26. The van der Waals surface area contributed by atoms with Crippen LogP contribution in [0.15, 0.2) is 6.33 Å². The summed E-state index contributed by atoms with van der Waals surface area (Å²) >= 11 is 0. The number of nitrogens with zero attached hydrogens (tertiary/aromatic N) is 2. The molecule has 0 amide bonds. The van der Waals surface area contributed by atoms with Gasteiger partial charge in [-0.25, -0.2) is 4.98 Å². The van der Waals surface area contributed by atoms with Crippen LogP contribution in [0.1, 0.15) is 18.3 Å². The summed E-state index contributed by atoms with van der Waals surface area (Å²) in [6, 6.07) is 0.275. The van der Waals surface area contributed by atoms with Gasteiger partial charge in [0.25, 0.3) is 0 Å². The van der Waals surface area contributed by atoms with Crippen LogP contribution in [0.25, 0.3) is 0 Å². The fourth-order valence-electron chi connectivity index (χ4n) is 1.47. The van der Waals surface area contributed by atoms with Crippen LogP contribution in [0.5, 0.6) is 0 Å². The minimum atomic E-state index is 0.275. The maximum Gasteiger partial charge on any atom is 0.141 e. The van der Waals surface area contributed by atoms with E-state index < -0.39 is 0 Å². The molecular formula is C7H12N4O. The van der Waals surface area contributed by atoms with Crippen molar-refractivity contribution in [1.29, 1.82) is 0 Å². The molecule has 12 heavy (non-hydrogen) atoms. The Bertz CT molecular complexity index is 236. The first-order valence-corrected chi connectivity index (χ1v) is 4.01. The quantitative estimate of drug-likeness (QED) is 0.645. The molecule has 1 fully saturated rings. The Morgan fingerprint density at radius 3 is 3.17 bits per heavy atom. The molecule has 1 aliphatic rings. The first kappa shape index (κ1) is 7.70. The molecule has 1 aliphatic heterocycles. The Morgan fingerprint density at radius 2 is 2.58 bits per heavy atom. The molecule has 2 unspecified atom stereocenters. The summed E-state index contributed by atoms with van der Waals surface area (Å²) in [5, 5.41) is 9.95. The SMILES string of the molecule is COC1CNC(c2ncn[nH]2)C1. The molecule has 66 valence electrons. The lowest BCUT2D eigenvalue weighted by Gasteiger charge is -2.05. The molecule has 0 aliphatic carbocycles. The molecule has 2 heterocycles. The van der Waals surface area contributed by atoms with Crippen LogP contribution >= 0.6 is 0 Å². The molecule has 5 nitrogen and oxygen atoms in total. The second-order valence-electron chi connectivity index (χ2n) is 2.92. The Morgan fingerprint density at radius 1 is 1.67 bits per heavy atom. The van der Waals surface area contributed by atoms with Crippen LogP contribution in [-0.2, 0) is 4.74 Å². The van der Waals surface area contributed by atoms with Gasteiger partial charge in [0.1, 0.15) is 12.2 Å². The monoisotopic (exact) mass is 168 g/mol. The van der Waals surface area contributed by atoms with Crippen molar-refractivity contribution in [3.05, 3.63) is 12.2 Å². The Hall–Kier alpha value is -0.940.